The van der Waals surface area contributed by atoms with Gasteiger partial charge in [0.25, 0.3) is 5.91 Å². The highest BCUT2D eigenvalue weighted by Crippen LogP contribution is 2.31. The average Bonchev–Trinajstić information content (AvgIpc) is 2.69. The van der Waals surface area contributed by atoms with E-state index in [2.05, 4.69) is 5.32 Å². The Morgan fingerprint density at radius 1 is 1.14 bits per heavy atom. The summed E-state index contributed by atoms with van der Waals surface area (Å²) in [5.41, 5.74) is 1.50. The van der Waals surface area contributed by atoms with Gasteiger partial charge in [0.05, 0.1) is 42.8 Å². The maximum absolute atomic E-state index is 12.8. The van der Waals surface area contributed by atoms with Crippen molar-refractivity contribution in [1.29, 1.82) is 0 Å². The molecule has 0 aliphatic rings. The van der Waals surface area contributed by atoms with Crippen molar-refractivity contribution in [3.05, 3.63) is 52.5 Å². The normalized spacial score (nSPS) is 12.2. The molecule has 0 unspecified atom stereocenters. The fraction of sp³-hybridized carbons (Fsp3) is 0.350. The number of nitrogens with zero attached hydrogens (tertiary/aromatic N) is 1. The molecule has 29 heavy (non-hydrogen) atoms. The van der Waals surface area contributed by atoms with E-state index in [1.54, 1.807) is 26.4 Å². The zero-order valence-electron chi connectivity index (χ0n) is 17.0. The molecule has 0 saturated heterocycles. The van der Waals surface area contributed by atoms with Crippen molar-refractivity contribution in [2.24, 2.45) is 0 Å². The highest BCUT2D eigenvalue weighted by Gasteiger charge is 2.20. The Labute approximate surface area is 176 Å². The predicted octanol–water partition coefficient (Wildman–Crippen LogP) is 3.63. The topological polar surface area (TPSA) is 84.9 Å². The Bertz CT molecular complexity index is 994. The molecule has 7 nitrogen and oxygen atoms in total. The van der Waals surface area contributed by atoms with Crippen molar-refractivity contribution in [3.63, 3.8) is 0 Å². The van der Waals surface area contributed by atoms with Gasteiger partial charge in [0, 0.05) is 7.05 Å². The number of carbonyl (C=O) groups is 1. The molecule has 2 aromatic carbocycles. The lowest BCUT2D eigenvalue weighted by atomic mass is 10.0. The maximum atomic E-state index is 12.8. The van der Waals surface area contributed by atoms with Gasteiger partial charge in [0.2, 0.25) is 10.0 Å². The van der Waals surface area contributed by atoms with Crippen LogP contribution < -0.4 is 19.1 Å². The van der Waals surface area contributed by atoms with Crippen LogP contribution >= 0.6 is 11.6 Å². The van der Waals surface area contributed by atoms with E-state index in [1.807, 2.05) is 19.1 Å². The number of rotatable bonds is 8. The van der Waals surface area contributed by atoms with E-state index in [0.29, 0.717) is 23.6 Å². The zero-order chi connectivity index (χ0) is 21.8. The number of ether oxygens (including phenoxy) is 2. The molecule has 158 valence electrons. The van der Waals surface area contributed by atoms with Gasteiger partial charge in [-0.3, -0.25) is 9.10 Å². The lowest BCUT2D eigenvalue weighted by Crippen LogP contribution is -2.29. The van der Waals surface area contributed by atoms with Crippen molar-refractivity contribution < 1.29 is 22.7 Å². The van der Waals surface area contributed by atoms with Crippen LogP contribution in [0.1, 0.15) is 35.3 Å². The molecule has 1 amide bonds. The molecule has 0 heterocycles. The number of nitrogens with one attached hydrogen (secondary N) is 1. The molecular formula is C20H25ClN2O5S. The molecule has 0 aliphatic heterocycles. The Hall–Kier alpha value is -2.45. The first-order valence-corrected chi connectivity index (χ1v) is 11.1. The molecule has 1 atom stereocenters. The third kappa shape index (κ3) is 5.33. The van der Waals surface area contributed by atoms with E-state index in [4.69, 9.17) is 21.1 Å². The summed E-state index contributed by atoms with van der Waals surface area (Å²) >= 11 is 6.26. The van der Waals surface area contributed by atoms with Crippen LogP contribution in [0.4, 0.5) is 5.69 Å². The fourth-order valence-electron chi connectivity index (χ4n) is 2.80. The molecule has 0 aromatic heterocycles. The first-order valence-electron chi connectivity index (χ1n) is 8.88. The highest BCUT2D eigenvalue weighted by atomic mass is 35.5. The fourth-order valence-corrected chi connectivity index (χ4v) is 3.56. The largest absolute Gasteiger partial charge is 0.493 e. The van der Waals surface area contributed by atoms with E-state index in [-0.39, 0.29) is 22.5 Å². The summed E-state index contributed by atoms with van der Waals surface area (Å²) < 4.78 is 35.0. The Morgan fingerprint density at radius 3 is 2.31 bits per heavy atom. The van der Waals surface area contributed by atoms with Crippen molar-refractivity contribution in [1.82, 2.24) is 5.32 Å². The van der Waals surface area contributed by atoms with E-state index in [1.165, 1.54) is 19.2 Å². The summed E-state index contributed by atoms with van der Waals surface area (Å²) in [6.07, 6.45) is 1.74. The smallest absolute Gasteiger partial charge is 0.253 e. The van der Waals surface area contributed by atoms with Crippen LogP contribution in [0.25, 0.3) is 0 Å². The SMILES string of the molecule is CC[C@H](NC(=O)c1ccc(N(C)S(C)(=O)=O)cc1Cl)c1ccc(OC)c(OC)c1. The Kier molecular flexibility index (Phi) is 7.37. The summed E-state index contributed by atoms with van der Waals surface area (Å²) in [7, 11) is 1.11. The van der Waals surface area contributed by atoms with Crippen molar-refractivity contribution in [2.45, 2.75) is 19.4 Å². The molecule has 0 fully saturated rings. The second-order valence-electron chi connectivity index (χ2n) is 6.44. The van der Waals surface area contributed by atoms with Crippen molar-refractivity contribution in [3.8, 4) is 11.5 Å². The Morgan fingerprint density at radius 2 is 1.79 bits per heavy atom. The number of benzene rings is 2. The van der Waals surface area contributed by atoms with Crippen LogP contribution in [0, 0.1) is 0 Å². The van der Waals surface area contributed by atoms with Gasteiger partial charge in [-0.1, -0.05) is 24.6 Å². The second kappa shape index (κ2) is 9.37. The number of anilines is 1. The maximum Gasteiger partial charge on any atom is 0.253 e. The van der Waals surface area contributed by atoms with Crippen molar-refractivity contribution in [2.75, 3.05) is 31.8 Å². The second-order valence-corrected chi connectivity index (χ2v) is 8.86. The van der Waals surface area contributed by atoms with Crippen LogP contribution in [-0.4, -0.2) is 41.8 Å². The van der Waals surface area contributed by atoms with Crippen LogP contribution in [-0.2, 0) is 10.0 Å². The number of amides is 1. The Balaban J connectivity index is 2.26. The van der Waals surface area contributed by atoms with Gasteiger partial charge >= 0.3 is 0 Å². The number of hydrogen-bond acceptors (Lipinski definition) is 5. The summed E-state index contributed by atoms with van der Waals surface area (Å²) in [6, 6.07) is 9.70. The van der Waals surface area contributed by atoms with Gasteiger partial charge in [-0.2, -0.15) is 0 Å². The van der Waals surface area contributed by atoms with E-state index in [0.717, 1.165) is 16.1 Å². The van der Waals surface area contributed by atoms with E-state index in [9.17, 15) is 13.2 Å². The van der Waals surface area contributed by atoms with Crippen LogP contribution in [0.2, 0.25) is 5.02 Å². The summed E-state index contributed by atoms with van der Waals surface area (Å²) in [5, 5.41) is 3.12. The molecule has 9 heteroatoms. The summed E-state index contributed by atoms with van der Waals surface area (Å²) in [6.45, 7) is 1.95. The molecule has 0 spiro atoms. The van der Waals surface area contributed by atoms with Gasteiger partial charge in [0.1, 0.15) is 0 Å². The third-order valence-electron chi connectivity index (χ3n) is 4.58. The highest BCUT2D eigenvalue weighted by molar-refractivity contribution is 7.92. The van der Waals surface area contributed by atoms with Gasteiger partial charge in [-0.15, -0.1) is 0 Å². The predicted molar refractivity (Wildman–Crippen MR) is 115 cm³/mol. The molecule has 1 N–H and O–H groups in total. The lowest BCUT2D eigenvalue weighted by Gasteiger charge is -2.20. The summed E-state index contributed by atoms with van der Waals surface area (Å²) in [5.74, 6) is 0.820. The van der Waals surface area contributed by atoms with Gasteiger partial charge in [-0.05, 0) is 42.3 Å². The molecule has 2 aromatic rings. The van der Waals surface area contributed by atoms with Crippen molar-refractivity contribution >= 4 is 33.2 Å². The minimum absolute atomic E-state index is 0.165. The first kappa shape index (κ1) is 22.8. The average molecular weight is 441 g/mol. The molecule has 0 bridgehead atoms. The monoisotopic (exact) mass is 440 g/mol. The van der Waals surface area contributed by atoms with Crippen LogP contribution in [0.5, 0.6) is 11.5 Å². The lowest BCUT2D eigenvalue weighted by molar-refractivity contribution is 0.0935. The number of methoxy groups -OCH3 is 2. The quantitative estimate of drug-likeness (QED) is 0.677. The summed E-state index contributed by atoms with van der Waals surface area (Å²) in [4.78, 5) is 12.8. The molecular weight excluding hydrogens is 416 g/mol. The first-order chi connectivity index (χ1) is 13.6. The van der Waals surface area contributed by atoms with Crippen LogP contribution in [0.3, 0.4) is 0 Å². The minimum atomic E-state index is -3.43. The standard InChI is InChI=1S/C20H25ClN2O5S/c1-6-17(13-7-10-18(27-3)19(11-13)28-4)22-20(24)15-9-8-14(12-16(15)21)23(2)29(5,25)26/h7-12,17H,6H2,1-5H3,(H,22,24)/t17-/m0/s1. The molecule has 0 radical (unpaired) electrons. The van der Waals surface area contributed by atoms with Gasteiger partial charge < -0.3 is 14.8 Å². The number of sulfonamides is 1. The van der Waals surface area contributed by atoms with Gasteiger partial charge in [0.15, 0.2) is 11.5 Å². The zero-order valence-corrected chi connectivity index (χ0v) is 18.6. The molecule has 0 aliphatic carbocycles. The number of carbonyl (C=O) groups excluding carboxylic acids is 1. The molecule has 2 rings (SSSR count). The molecule has 0 saturated carbocycles. The number of halogens is 1. The van der Waals surface area contributed by atoms with E-state index < -0.39 is 10.0 Å². The minimum Gasteiger partial charge on any atom is -0.493 e. The van der Waals surface area contributed by atoms with Gasteiger partial charge in [-0.25, -0.2) is 8.42 Å². The number of hydrogen-bond donors (Lipinski definition) is 1. The third-order valence-corrected chi connectivity index (χ3v) is 6.10. The van der Waals surface area contributed by atoms with Crippen LogP contribution in [0.15, 0.2) is 36.4 Å². The van der Waals surface area contributed by atoms with E-state index >= 15 is 0 Å².